The van der Waals surface area contributed by atoms with Gasteiger partial charge in [0.25, 0.3) is 5.91 Å². The molecular weight excluding hydrogens is 345 g/mol. The Kier molecular flexibility index (Phi) is 5.61. The van der Waals surface area contributed by atoms with Crippen LogP contribution in [0.5, 0.6) is 0 Å². The van der Waals surface area contributed by atoms with Gasteiger partial charge in [0.05, 0.1) is 10.6 Å². The largest absolute Gasteiger partial charge is 0.417 e. The van der Waals surface area contributed by atoms with E-state index in [1.165, 1.54) is 12.1 Å². The fourth-order valence-electron chi connectivity index (χ4n) is 1.85. The number of carbonyl (C=O) groups is 1. The van der Waals surface area contributed by atoms with Crippen LogP contribution >= 0.6 is 11.6 Å². The molecule has 0 spiro atoms. The summed E-state index contributed by atoms with van der Waals surface area (Å²) in [6, 6.07) is 4.76. The zero-order valence-electron chi connectivity index (χ0n) is 12.6. The molecule has 1 heterocycles. The van der Waals surface area contributed by atoms with Gasteiger partial charge >= 0.3 is 6.18 Å². The Bertz CT molecular complexity index is 737. The lowest BCUT2D eigenvalue weighted by atomic mass is 10.2. The Morgan fingerprint density at radius 3 is 2.67 bits per heavy atom. The summed E-state index contributed by atoms with van der Waals surface area (Å²) in [7, 11) is 0. The van der Waals surface area contributed by atoms with Crippen molar-refractivity contribution in [3.05, 3.63) is 46.9 Å². The summed E-state index contributed by atoms with van der Waals surface area (Å²) in [6.07, 6.45) is -2.64. The number of nitrogens with zero attached hydrogens (tertiary/aromatic N) is 2. The number of aromatic nitrogens is 2. The predicted molar refractivity (Wildman–Crippen MR) is 84.4 cm³/mol. The number of nitrogens with one attached hydrogen (secondary N) is 2. The van der Waals surface area contributed by atoms with Crippen molar-refractivity contribution >= 4 is 29.0 Å². The number of halogens is 4. The smallest absolute Gasteiger partial charge is 0.351 e. The number of hydrogen-bond acceptors (Lipinski definition) is 4. The van der Waals surface area contributed by atoms with Gasteiger partial charge in [-0.3, -0.25) is 4.79 Å². The summed E-state index contributed by atoms with van der Waals surface area (Å²) in [6.45, 7) is 2.41. The second kappa shape index (κ2) is 7.48. The minimum absolute atomic E-state index is 0.117. The molecule has 1 aromatic heterocycles. The molecule has 2 N–H and O–H groups in total. The minimum atomic E-state index is -4.56. The molecule has 0 saturated heterocycles. The predicted octanol–water partition coefficient (Wildman–Crippen LogP) is 4.03. The number of anilines is 2. The van der Waals surface area contributed by atoms with Gasteiger partial charge in [0.2, 0.25) is 0 Å². The van der Waals surface area contributed by atoms with Gasteiger partial charge in [-0.25, -0.2) is 9.97 Å². The van der Waals surface area contributed by atoms with E-state index in [0.717, 1.165) is 24.9 Å². The highest BCUT2D eigenvalue weighted by molar-refractivity contribution is 6.31. The number of rotatable bonds is 5. The van der Waals surface area contributed by atoms with E-state index in [2.05, 4.69) is 20.6 Å². The topological polar surface area (TPSA) is 66.9 Å². The van der Waals surface area contributed by atoms with Crippen LogP contribution in [0.4, 0.5) is 24.7 Å². The van der Waals surface area contributed by atoms with Gasteiger partial charge in [-0.15, -0.1) is 0 Å². The van der Waals surface area contributed by atoms with E-state index in [1.807, 2.05) is 6.92 Å². The zero-order valence-corrected chi connectivity index (χ0v) is 13.4. The number of amides is 1. The maximum absolute atomic E-state index is 12.9. The van der Waals surface area contributed by atoms with E-state index < -0.39 is 16.8 Å². The molecule has 0 unspecified atom stereocenters. The van der Waals surface area contributed by atoms with Crippen molar-refractivity contribution in [3.8, 4) is 0 Å². The SMILES string of the molecule is CCCNC(=O)c1cc(Nc2ccc(Cl)c(C(F)(F)F)c2)ncn1. The van der Waals surface area contributed by atoms with Crippen LogP contribution in [0.1, 0.15) is 29.4 Å². The molecule has 9 heteroatoms. The van der Waals surface area contributed by atoms with Gasteiger partial charge in [-0.2, -0.15) is 13.2 Å². The van der Waals surface area contributed by atoms with Crippen molar-refractivity contribution in [2.45, 2.75) is 19.5 Å². The third kappa shape index (κ3) is 4.58. The third-order valence-electron chi connectivity index (χ3n) is 2.98. The maximum Gasteiger partial charge on any atom is 0.417 e. The molecule has 1 amide bonds. The lowest BCUT2D eigenvalue weighted by Crippen LogP contribution is -2.25. The lowest BCUT2D eigenvalue weighted by molar-refractivity contribution is -0.137. The van der Waals surface area contributed by atoms with Crippen LogP contribution in [-0.4, -0.2) is 22.4 Å². The van der Waals surface area contributed by atoms with Crippen molar-refractivity contribution < 1.29 is 18.0 Å². The number of benzene rings is 1. The van der Waals surface area contributed by atoms with Crippen LogP contribution < -0.4 is 10.6 Å². The standard InChI is InChI=1S/C15H14ClF3N4O/c1-2-5-20-14(24)12-7-13(22-8-21-12)23-9-3-4-11(16)10(6-9)15(17,18)19/h3-4,6-8H,2,5H2,1H3,(H,20,24)(H,21,22,23). The first-order valence-corrected chi connectivity index (χ1v) is 7.43. The van der Waals surface area contributed by atoms with E-state index in [4.69, 9.17) is 11.6 Å². The molecule has 128 valence electrons. The van der Waals surface area contributed by atoms with E-state index in [-0.39, 0.29) is 23.1 Å². The number of hydrogen-bond donors (Lipinski definition) is 2. The molecule has 0 fully saturated rings. The molecule has 5 nitrogen and oxygen atoms in total. The second-order valence-electron chi connectivity index (χ2n) is 4.86. The molecule has 2 rings (SSSR count). The normalized spacial score (nSPS) is 11.2. The Morgan fingerprint density at radius 2 is 2.00 bits per heavy atom. The highest BCUT2D eigenvalue weighted by atomic mass is 35.5. The van der Waals surface area contributed by atoms with E-state index in [9.17, 15) is 18.0 Å². The summed E-state index contributed by atoms with van der Waals surface area (Å²) >= 11 is 5.57. The average Bonchev–Trinajstić information content (AvgIpc) is 2.53. The van der Waals surface area contributed by atoms with Gasteiger partial charge in [-0.1, -0.05) is 18.5 Å². The minimum Gasteiger partial charge on any atom is -0.351 e. The first kappa shape index (κ1) is 18.0. The Labute approximate surface area is 141 Å². The summed E-state index contributed by atoms with van der Waals surface area (Å²) in [5, 5.41) is 4.97. The van der Waals surface area contributed by atoms with Gasteiger partial charge in [0.1, 0.15) is 17.8 Å². The third-order valence-corrected chi connectivity index (χ3v) is 3.31. The first-order valence-electron chi connectivity index (χ1n) is 7.05. The first-order chi connectivity index (χ1) is 11.3. The van der Waals surface area contributed by atoms with Gasteiger partial charge in [0, 0.05) is 18.3 Å². The van der Waals surface area contributed by atoms with E-state index >= 15 is 0 Å². The monoisotopic (exact) mass is 358 g/mol. The molecular formula is C15H14ClF3N4O. The molecule has 1 aromatic carbocycles. The number of alkyl halides is 3. The summed E-state index contributed by atoms with van der Waals surface area (Å²) in [4.78, 5) is 19.6. The van der Waals surface area contributed by atoms with Crippen LogP contribution in [-0.2, 0) is 6.18 Å². The van der Waals surface area contributed by atoms with E-state index in [0.29, 0.717) is 6.54 Å². The molecule has 24 heavy (non-hydrogen) atoms. The Hall–Kier alpha value is -2.35. The van der Waals surface area contributed by atoms with Crippen molar-refractivity contribution in [1.82, 2.24) is 15.3 Å². The van der Waals surface area contributed by atoms with Gasteiger partial charge < -0.3 is 10.6 Å². The highest BCUT2D eigenvalue weighted by Crippen LogP contribution is 2.36. The van der Waals surface area contributed by atoms with Crippen LogP contribution in [0, 0.1) is 0 Å². The summed E-state index contributed by atoms with van der Waals surface area (Å²) in [5.41, 5.74) is -0.694. The molecule has 0 aliphatic carbocycles. The molecule has 0 aliphatic heterocycles. The molecule has 2 aromatic rings. The van der Waals surface area contributed by atoms with Crippen LogP contribution in [0.25, 0.3) is 0 Å². The molecule has 0 saturated carbocycles. The summed E-state index contributed by atoms with van der Waals surface area (Å²) < 4.78 is 38.6. The van der Waals surface area contributed by atoms with Gasteiger partial charge in [-0.05, 0) is 24.6 Å². The average molecular weight is 359 g/mol. The van der Waals surface area contributed by atoms with Crippen molar-refractivity contribution in [2.75, 3.05) is 11.9 Å². The Morgan fingerprint density at radius 1 is 1.25 bits per heavy atom. The maximum atomic E-state index is 12.9. The molecule has 0 bridgehead atoms. The second-order valence-corrected chi connectivity index (χ2v) is 5.27. The highest BCUT2D eigenvalue weighted by Gasteiger charge is 2.33. The molecule has 0 aliphatic rings. The summed E-state index contributed by atoms with van der Waals surface area (Å²) in [5.74, 6) is -0.184. The lowest BCUT2D eigenvalue weighted by Gasteiger charge is -2.12. The molecule has 0 atom stereocenters. The van der Waals surface area contributed by atoms with Crippen molar-refractivity contribution in [1.29, 1.82) is 0 Å². The van der Waals surface area contributed by atoms with Crippen molar-refractivity contribution in [3.63, 3.8) is 0 Å². The van der Waals surface area contributed by atoms with Crippen LogP contribution in [0.2, 0.25) is 5.02 Å². The fraction of sp³-hybridized carbons (Fsp3) is 0.267. The zero-order chi connectivity index (χ0) is 17.7. The van der Waals surface area contributed by atoms with E-state index in [1.54, 1.807) is 0 Å². The van der Waals surface area contributed by atoms with Crippen LogP contribution in [0.3, 0.4) is 0 Å². The van der Waals surface area contributed by atoms with Crippen LogP contribution in [0.15, 0.2) is 30.6 Å². The fourth-order valence-corrected chi connectivity index (χ4v) is 2.07. The number of carbonyl (C=O) groups excluding carboxylic acids is 1. The Balaban J connectivity index is 2.21. The van der Waals surface area contributed by atoms with Gasteiger partial charge in [0.15, 0.2) is 0 Å². The quantitative estimate of drug-likeness (QED) is 0.846. The van der Waals surface area contributed by atoms with Crippen molar-refractivity contribution in [2.24, 2.45) is 0 Å². The molecule has 0 radical (unpaired) electrons.